The van der Waals surface area contributed by atoms with Crippen molar-refractivity contribution in [1.29, 1.82) is 0 Å². The number of ketones is 1. The first-order valence-corrected chi connectivity index (χ1v) is 11.1. The van der Waals surface area contributed by atoms with E-state index in [0.29, 0.717) is 6.07 Å². The van der Waals surface area contributed by atoms with E-state index in [1.165, 1.54) is 24.4 Å². The molecule has 0 aliphatic rings. The van der Waals surface area contributed by atoms with E-state index in [4.69, 9.17) is 40.5 Å². The lowest BCUT2D eigenvalue weighted by Gasteiger charge is -2.13. The van der Waals surface area contributed by atoms with Crippen LogP contribution in [0, 0.1) is 0 Å². The van der Waals surface area contributed by atoms with Gasteiger partial charge in [0.15, 0.2) is 6.20 Å². The summed E-state index contributed by atoms with van der Waals surface area (Å²) in [5, 5.41) is -0.643. The number of benzene rings is 2. The molecule has 1 heterocycles. The number of halogens is 6. The van der Waals surface area contributed by atoms with Gasteiger partial charge in [0.2, 0.25) is 0 Å². The second kappa shape index (κ2) is 8.78. The molecule has 6 nitrogen and oxygen atoms in total. The van der Waals surface area contributed by atoms with Crippen LogP contribution >= 0.6 is 34.8 Å². The summed E-state index contributed by atoms with van der Waals surface area (Å²) in [4.78, 5) is 14.9. The first-order chi connectivity index (χ1) is 14.8. The number of nitrogens with two attached hydrogens (primary N) is 1. The number of alkyl halides is 3. The van der Waals surface area contributed by atoms with Crippen LogP contribution in [0.15, 0.2) is 53.6 Å². The van der Waals surface area contributed by atoms with Crippen molar-refractivity contribution in [3.05, 3.63) is 80.6 Å². The van der Waals surface area contributed by atoms with Crippen LogP contribution in [0.1, 0.15) is 21.6 Å². The third kappa shape index (κ3) is 4.93. The molecule has 0 aliphatic carbocycles. The Morgan fingerprint density at radius 1 is 1.03 bits per heavy atom. The summed E-state index contributed by atoms with van der Waals surface area (Å²) >= 11 is 17.5. The van der Waals surface area contributed by atoms with Crippen LogP contribution in [0.4, 0.5) is 24.5 Å². The fraction of sp³-hybridized carbons (Fsp3) is 0.0526. The van der Waals surface area contributed by atoms with E-state index in [0.717, 1.165) is 18.2 Å². The van der Waals surface area contributed by atoms with Gasteiger partial charge in [-0.25, -0.2) is 13.4 Å². The van der Waals surface area contributed by atoms with Gasteiger partial charge in [0.25, 0.3) is 21.5 Å². The van der Waals surface area contributed by atoms with Crippen LogP contribution in [0.25, 0.3) is 0 Å². The number of aromatic nitrogens is 1. The second-order valence-corrected chi connectivity index (χ2v) is 9.32. The second-order valence-electron chi connectivity index (χ2n) is 6.38. The molecule has 0 radical (unpaired) electrons. The number of carbonyl (C=O) groups excluding carboxylic acids is 1. The molecule has 2 aromatic carbocycles. The average Bonchev–Trinajstić information content (AvgIpc) is 2.66. The Labute approximate surface area is 195 Å². The number of H-pyrrole nitrogens is 1. The molecule has 0 amide bonds. The minimum Gasteiger partial charge on any atom is -0.398 e. The van der Waals surface area contributed by atoms with E-state index < -0.39 is 37.5 Å². The first-order valence-electron chi connectivity index (χ1n) is 8.51. The van der Waals surface area contributed by atoms with Crippen molar-refractivity contribution in [3.63, 3.8) is 0 Å². The summed E-state index contributed by atoms with van der Waals surface area (Å²) < 4.78 is 67.1. The van der Waals surface area contributed by atoms with E-state index >= 15 is 0 Å². The molecule has 3 rings (SSSR count). The highest BCUT2D eigenvalue weighted by atomic mass is 35.5. The van der Waals surface area contributed by atoms with Gasteiger partial charge >= 0.3 is 6.18 Å². The van der Waals surface area contributed by atoms with E-state index in [1.807, 2.05) is 0 Å². The van der Waals surface area contributed by atoms with E-state index in [1.54, 1.807) is 0 Å². The molecule has 0 saturated carbocycles. The Balaban J connectivity index is 2.09. The Hall–Kier alpha value is -2.53. The van der Waals surface area contributed by atoms with Crippen LogP contribution in [-0.2, 0) is 16.2 Å². The van der Waals surface area contributed by atoms with Crippen LogP contribution in [0.3, 0.4) is 0 Å². The lowest BCUT2D eigenvalue weighted by Crippen LogP contribution is -2.24. The monoisotopic (exact) mass is 524 g/mol. The smallest absolute Gasteiger partial charge is 0.398 e. The van der Waals surface area contributed by atoms with Crippen molar-refractivity contribution < 1.29 is 31.4 Å². The molecular weight excluding hydrogens is 514 g/mol. The molecule has 0 spiro atoms. The summed E-state index contributed by atoms with van der Waals surface area (Å²) in [5.41, 5.74) is 3.81. The number of hydrogen-bond acceptors (Lipinski definition) is 4. The van der Waals surface area contributed by atoms with Crippen molar-refractivity contribution in [3.8, 4) is 0 Å². The van der Waals surface area contributed by atoms with Gasteiger partial charge in [-0.15, -0.1) is 0 Å². The summed E-state index contributed by atoms with van der Waals surface area (Å²) in [7, 11) is -4.59. The number of rotatable bonds is 5. The molecule has 0 aliphatic heterocycles. The van der Waals surface area contributed by atoms with Gasteiger partial charge in [0.05, 0.1) is 26.1 Å². The molecule has 13 heteroatoms. The van der Waals surface area contributed by atoms with Gasteiger partial charge in [0.1, 0.15) is 10.7 Å². The van der Waals surface area contributed by atoms with E-state index in [9.17, 15) is 26.4 Å². The maximum atomic E-state index is 13.1. The van der Waals surface area contributed by atoms with Crippen LogP contribution in [-0.4, -0.2) is 14.2 Å². The molecule has 0 bridgehead atoms. The number of nitrogens with one attached hydrogen (secondary N) is 2. The third-order valence-corrected chi connectivity index (χ3v) is 6.43. The van der Waals surface area contributed by atoms with Crippen LogP contribution < -0.4 is 15.4 Å². The van der Waals surface area contributed by atoms with Crippen molar-refractivity contribution in [2.45, 2.75) is 11.1 Å². The zero-order valence-electron chi connectivity index (χ0n) is 15.6. The third-order valence-electron chi connectivity index (χ3n) is 4.20. The maximum absolute atomic E-state index is 13.1. The van der Waals surface area contributed by atoms with E-state index in [2.05, 4.69) is 9.71 Å². The number of sulfonamides is 1. The highest BCUT2D eigenvalue weighted by molar-refractivity contribution is 7.92. The minimum atomic E-state index is -4.88. The first kappa shape index (κ1) is 24.1. The largest absolute Gasteiger partial charge is 0.417 e. The molecule has 1 aromatic heterocycles. The van der Waals surface area contributed by atoms with Crippen molar-refractivity contribution >= 4 is 62.0 Å². The number of carbonyl (C=O) groups is 1. The number of pyridine rings is 1. The minimum absolute atomic E-state index is 0.0125. The summed E-state index contributed by atoms with van der Waals surface area (Å²) in [5.74, 6) is -0.769. The number of nitrogen functional groups attached to an aromatic ring is 1. The molecule has 168 valence electrons. The van der Waals surface area contributed by atoms with Crippen LogP contribution in [0.5, 0.6) is 0 Å². The molecule has 0 atom stereocenters. The molecule has 0 fully saturated rings. The highest BCUT2D eigenvalue weighted by Crippen LogP contribution is 2.36. The zero-order chi connectivity index (χ0) is 23.8. The van der Waals surface area contributed by atoms with Gasteiger partial charge < -0.3 is 5.73 Å². The lowest BCUT2D eigenvalue weighted by molar-refractivity contribution is -0.380. The van der Waals surface area contributed by atoms with Crippen molar-refractivity contribution in [2.24, 2.45) is 0 Å². The lowest BCUT2D eigenvalue weighted by atomic mass is 10.0. The summed E-state index contributed by atoms with van der Waals surface area (Å²) in [6.45, 7) is 0. The standard InChI is InChI=1S/C19H11Cl3F3N3O3S/c20-9-6-15(17(27-8-9)18(29)16-13(22)2-1-3-14(16)26)28-32(30,31)10-4-5-12(21)11(7-10)19(23,24)25/h1-8,28H,26H2/p+1. The van der Waals surface area contributed by atoms with Gasteiger partial charge in [-0.05, 0) is 36.4 Å². The van der Waals surface area contributed by atoms with Crippen molar-refractivity contribution in [2.75, 3.05) is 10.5 Å². The molecule has 0 unspecified atom stereocenters. The Bertz CT molecular complexity index is 1310. The van der Waals surface area contributed by atoms with Gasteiger partial charge in [-0.1, -0.05) is 40.9 Å². The number of hydrogen-bond donors (Lipinski definition) is 2. The average molecular weight is 526 g/mol. The summed E-state index contributed by atoms with van der Waals surface area (Å²) in [6.07, 6.45) is -3.67. The highest BCUT2D eigenvalue weighted by Gasteiger charge is 2.35. The van der Waals surface area contributed by atoms with Gasteiger partial charge in [-0.2, -0.15) is 13.2 Å². The Kier molecular flexibility index (Phi) is 6.62. The number of aromatic amines is 1. The molecular formula is C19H12Cl3F3N3O3S+. The summed E-state index contributed by atoms with van der Waals surface area (Å²) in [6, 6.07) is 7.54. The zero-order valence-corrected chi connectivity index (χ0v) is 18.7. The maximum Gasteiger partial charge on any atom is 0.417 e. The van der Waals surface area contributed by atoms with Gasteiger partial charge in [-0.3, -0.25) is 9.52 Å². The van der Waals surface area contributed by atoms with Crippen LogP contribution in [0.2, 0.25) is 15.1 Å². The normalized spacial score (nSPS) is 11.9. The quantitative estimate of drug-likeness (QED) is 0.357. The molecule has 3 aromatic rings. The fourth-order valence-electron chi connectivity index (χ4n) is 2.74. The van der Waals surface area contributed by atoms with E-state index in [-0.39, 0.29) is 32.7 Å². The Morgan fingerprint density at radius 2 is 1.72 bits per heavy atom. The fourth-order valence-corrected chi connectivity index (χ4v) is 4.48. The molecule has 0 saturated heterocycles. The molecule has 4 N–H and O–H groups in total. The number of anilines is 2. The topological polar surface area (TPSA) is 103 Å². The van der Waals surface area contributed by atoms with Gasteiger partial charge in [0, 0.05) is 5.69 Å². The SMILES string of the molecule is Nc1cccc(Cl)c1C(=O)c1[nH+]cc(Cl)cc1NS(=O)(=O)c1ccc(Cl)c(C(F)(F)F)c1. The van der Waals surface area contributed by atoms with Crippen molar-refractivity contribution in [1.82, 2.24) is 0 Å². The predicted octanol–water partition coefficient (Wildman–Crippen LogP) is 5.09. The molecule has 32 heavy (non-hydrogen) atoms. The Morgan fingerprint density at radius 3 is 2.34 bits per heavy atom. The predicted molar refractivity (Wildman–Crippen MR) is 115 cm³/mol.